The highest BCUT2D eigenvalue weighted by Gasteiger charge is 2.14. The molecule has 1 aromatic carbocycles. The van der Waals surface area contributed by atoms with Gasteiger partial charge < -0.3 is 5.32 Å². The van der Waals surface area contributed by atoms with Gasteiger partial charge in [0.05, 0.1) is 0 Å². The summed E-state index contributed by atoms with van der Waals surface area (Å²) in [6.45, 7) is 0.756. The second kappa shape index (κ2) is 7.19. The van der Waals surface area contributed by atoms with E-state index in [1.807, 2.05) is 36.0 Å². The van der Waals surface area contributed by atoms with Crippen molar-refractivity contribution < 1.29 is 4.79 Å². The summed E-state index contributed by atoms with van der Waals surface area (Å²) in [5.41, 5.74) is 0.718. The second-order valence-electron chi connectivity index (χ2n) is 4.54. The van der Waals surface area contributed by atoms with Crippen LogP contribution in [0, 0.1) is 0 Å². The van der Waals surface area contributed by atoms with Gasteiger partial charge in [-0.25, -0.2) is 0 Å². The van der Waals surface area contributed by atoms with Crippen LogP contribution >= 0.6 is 27.7 Å². The van der Waals surface area contributed by atoms with E-state index in [-0.39, 0.29) is 5.91 Å². The third-order valence-corrected chi connectivity index (χ3v) is 5.01. The van der Waals surface area contributed by atoms with Crippen LogP contribution in [0.15, 0.2) is 28.7 Å². The first-order chi connectivity index (χ1) is 8.75. The molecule has 0 heterocycles. The van der Waals surface area contributed by atoms with E-state index in [0.29, 0.717) is 0 Å². The lowest BCUT2D eigenvalue weighted by Gasteiger charge is -2.09. The number of amides is 1. The minimum atomic E-state index is 0.0170. The summed E-state index contributed by atoms with van der Waals surface area (Å²) in [5.74, 6) is 1.04. The van der Waals surface area contributed by atoms with Crippen LogP contribution < -0.4 is 5.32 Å². The summed E-state index contributed by atoms with van der Waals surface area (Å²) in [7, 11) is 0. The van der Waals surface area contributed by atoms with Gasteiger partial charge in [0.1, 0.15) is 0 Å². The van der Waals surface area contributed by atoms with Gasteiger partial charge in [-0.3, -0.25) is 4.79 Å². The zero-order chi connectivity index (χ0) is 12.8. The standard InChI is InChI=1S/C14H18BrNOS/c15-12-5-3-4-11(10-12)14(17)16-8-9-18-13-6-1-2-7-13/h3-5,10,13H,1-2,6-9H2,(H,16,17). The maximum Gasteiger partial charge on any atom is 0.251 e. The minimum Gasteiger partial charge on any atom is -0.351 e. The molecule has 2 rings (SSSR count). The van der Waals surface area contributed by atoms with E-state index in [0.717, 1.165) is 27.6 Å². The van der Waals surface area contributed by atoms with Crippen molar-refractivity contribution in [1.82, 2.24) is 5.32 Å². The van der Waals surface area contributed by atoms with Crippen molar-refractivity contribution in [3.05, 3.63) is 34.3 Å². The van der Waals surface area contributed by atoms with Crippen molar-refractivity contribution in [2.24, 2.45) is 0 Å². The zero-order valence-corrected chi connectivity index (χ0v) is 12.7. The summed E-state index contributed by atoms with van der Waals surface area (Å²) in [6, 6.07) is 7.49. The van der Waals surface area contributed by atoms with Crippen LogP contribution in [0.3, 0.4) is 0 Å². The van der Waals surface area contributed by atoms with Crippen LogP contribution in [0.25, 0.3) is 0 Å². The van der Waals surface area contributed by atoms with Gasteiger partial charge in [0.25, 0.3) is 5.91 Å². The van der Waals surface area contributed by atoms with Crippen molar-refractivity contribution in [3.8, 4) is 0 Å². The number of thioether (sulfide) groups is 1. The van der Waals surface area contributed by atoms with Gasteiger partial charge in [-0.05, 0) is 31.0 Å². The number of hydrogen-bond donors (Lipinski definition) is 1. The Bertz CT molecular complexity index is 405. The Morgan fingerprint density at radius 2 is 2.17 bits per heavy atom. The zero-order valence-electron chi connectivity index (χ0n) is 10.3. The van der Waals surface area contributed by atoms with Crippen LogP contribution in [0.1, 0.15) is 36.0 Å². The fourth-order valence-corrected chi connectivity index (χ4v) is 3.80. The first-order valence-corrected chi connectivity index (χ1v) is 8.25. The highest BCUT2D eigenvalue weighted by Crippen LogP contribution is 2.28. The monoisotopic (exact) mass is 327 g/mol. The van der Waals surface area contributed by atoms with E-state index in [9.17, 15) is 4.79 Å². The number of benzene rings is 1. The molecule has 0 bridgehead atoms. The number of carbonyl (C=O) groups excluding carboxylic acids is 1. The lowest BCUT2D eigenvalue weighted by atomic mass is 10.2. The lowest BCUT2D eigenvalue weighted by Crippen LogP contribution is -2.26. The lowest BCUT2D eigenvalue weighted by molar-refractivity contribution is 0.0956. The summed E-state index contributed by atoms with van der Waals surface area (Å²) in [6.07, 6.45) is 5.46. The molecule has 0 radical (unpaired) electrons. The topological polar surface area (TPSA) is 29.1 Å². The predicted molar refractivity (Wildman–Crippen MR) is 81.2 cm³/mol. The molecule has 1 saturated carbocycles. The molecule has 4 heteroatoms. The molecule has 1 N–H and O–H groups in total. The molecule has 1 fully saturated rings. The Morgan fingerprint density at radius 3 is 2.89 bits per heavy atom. The molecule has 0 aromatic heterocycles. The minimum absolute atomic E-state index is 0.0170. The number of halogens is 1. The van der Waals surface area contributed by atoms with Crippen molar-refractivity contribution in [2.45, 2.75) is 30.9 Å². The first kappa shape index (κ1) is 13.9. The molecule has 1 aliphatic rings. The summed E-state index contributed by atoms with van der Waals surface area (Å²) >= 11 is 5.37. The third kappa shape index (κ3) is 4.32. The maximum atomic E-state index is 11.9. The van der Waals surface area contributed by atoms with Crippen molar-refractivity contribution in [3.63, 3.8) is 0 Å². The molecule has 2 nitrogen and oxygen atoms in total. The van der Waals surface area contributed by atoms with E-state index in [1.165, 1.54) is 25.7 Å². The second-order valence-corrected chi connectivity index (χ2v) is 6.87. The normalized spacial score (nSPS) is 15.8. The predicted octanol–water partition coefficient (Wildman–Crippen LogP) is 3.85. The number of rotatable bonds is 5. The van der Waals surface area contributed by atoms with E-state index in [4.69, 9.17) is 0 Å². The smallest absolute Gasteiger partial charge is 0.251 e. The molecule has 0 aliphatic heterocycles. The Hall–Kier alpha value is -0.480. The first-order valence-electron chi connectivity index (χ1n) is 6.41. The van der Waals surface area contributed by atoms with E-state index in [2.05, 4.69) is 21.2 Å². The molecular formula is C14H18BrNOS. The Balaban J connectivity index is 1.68. The van der Waals surface area contributed by atoms with Gasteiger partial charge in [-0.1, -0.05) is 34.8 Å². The van der Waals surface area contributed by atoms with Crippen LogP contribution in [-0.2, 0) is 0 Å². The van der Waals surface area contributed by atoms with Gasteiger partial charge in [0.2, 0.25) is 0 Å². The van der Waals surface area contributed by atoms with Crippen molar-refractivity contribution in [2.75, 3.05) is 12.3 Å². The average molecular weight is 328 g/mol. The van der Waals surface area contributed by atoms with E-state index >= 15 is 0 Å². The van der Waals surface area contributed by atoms with Crippen molar-refractivity contribution >= 4 is 33.6 Å². The molecular weight excluding hydrogens is 310 g/mol. The highest BCUT2D eigenvalue weighted by atomic mass is 79.9. The largest absolute Gasteiger partial charge is 0.351 e. The Kier molecular flexibility index (Phi) is 5.57. The van der Waals surface area contributed by atoms with E-state index in [1.54, 1.807) is 0 Å². The Morgan fingerprint density at radius 1 is 1.39 bits per heavy atom. The molecule has 0 spiro atoms. The van der Waals surface area contributed by atoms with Crippen LogP contribution in [-0.4, -0.2) is 23.5 Å². The third-order valence-electron chi connectivity index (χ3n) is 3.13. The quantitative estimate of drug-likeness (QED) is 0.832. The SMILES string of the molecule is O=C(NCCSC1CCCC1)c1cccc(Br)c1. The highest BCUT2D eigenvalue weighted by molar-refractivity contribution is 9.10. The average Bonchev–Trinajstić information content (AvgIpc) is 2.87. The molecule has 98 valence electrons. The molecule has 1 aromatic rings. The van der Waals surface area contributed by atoms with E-state index < -0.39 is 0 Å². The molecule has 0 unspecified atom stereocenters. The van der Waals surface area contributed by atoms with Gasteiger partial charge in [-0.2, -0.15) is 11.8 Å². The summed E-state index contributed by atoms with van der Waals surface area (Å²) < 4.78 is 0.940. The Labute approximate surface area is 121 Å². The van der Waals surface area contributed by atoms with Gasteiger partial charge >= 0.3 is 0 Å². The summed E-state index contributed by atoms with van der Waals surface area (Å²) in [5, 5.41) is 3.80. The van der Waals surface area contributed by atoms with Crippen LogP contribution in [0.5, 0.6) is 0 Å². The molecule has 0 atom stereocenters. The molecule has 1 amide bonds. The molecule has 18 heavy (non-hydrogen) atoms. The van der Waals surface area contributed by atoms with Crippen LogP contribution in [0.2, 0.25) is 0 Å². The number of nitrogens with one attached hydrogen (secondary N) is 1. The fraction of sp³-hybridized carbons (Fsp3) is 0.500. The van der Waals surface area contributed by atoms with Gasteiger partial charge in [0.15, 0.2) is 0 Å². The number of carbonyl (C=O) groups is 1. The van der Waals surface area contributed by atoms with Crippen molar-refractivity contribution in [1.29, 1.82) is 0 Å². The molecule has 1 aliphatic carbocycles. The molecule has 0 saturated heterocycles. The van der Waals surface area contributed by atoms with Gasteiger partial charge in [-0.15, -0.1) is 0 Å². The summed E-state index contributed by atoms with van der Waals surface area (Å²) in [4.78, 5) is 11.9. The maximum absolute atomic E-state index is 11.9. The van der Waals surface area contributed by atoms with Gasteiger partial charge in [0, 0.05) is 27.6 Å². The number of hydrogen-bond acceptors (Lipinski definition) is 2. The van der Waals surface area contributed by atoms with Crippen LogP contribution in [0.4, 0.5) is 0 Å². The fourth-order valence-electron chi connectivity index (χ4n) is 2.18.